The molecule has 3 nitrogen and oxygen atoms in total. The highest BCUT2D eigenvalue weighted by Gasteiger charge is 2.17. The molecule has 1 N–H and O–H groups in total. The standard InChI is InChI=1S/C14H17FO3/c15-12-4-5-13(14(16)17)11(8-12)9-18-7-6-10-2-1-3-10/h4-5,8,10H,1-3,6-7,9H2,(H,16,17). The van der Waals surface area contributed by atoms with Crippen LogP contribution in [0, 0.1) is 11.7 Å². The van der Waals surface area contributed by atoms with Crippen LogP contribution in [0.3, 0.4) is 0 Å². The maximum atomic E-state index is 13.1. The summed E-state index contributed by atoms with van der Waals surface area (Å²) in [4.78, 5) is 11.0. The van der Waals surface area contributed by atoms with Gasteiger partial charge in [0.25, 0.3) is 0 Å². The number of aromatic carboxylic acids is 1. The van der Waals surface area contributed by atoms with E-state index in [9.17, 15) is 9.18 Å². The zero-order chi connectivity index (χ0) is 13.0. The van der Waals surface area contributed by atoms with E-state index in [-0.39, 0.29) is 12.2 Å². The Morgan fingerprint density at radius 1 is 1.44 bits per heavy atom. The first-order valence-electron chi connectivity index (χ1n) is 6.26. The van der Waals surface area contributed by atoms with Crippen LogP contribution in [0.2, 0.25) is 0 Å². The highest BCUT2D eigenvalue weighted by Crippen LogP contribution is 2.29. The molecule has 0 aromatic heterocycles. The summed E-state index contributed by atoms with van der Waals surface area (Å²) < 4.78 is 18.5. The molecule has 98 valence electrons. The number of benzene rings is 1. The fraction of sp³-hybridized carbons (Fsp3) is 0.500. The van der Waals surface area contributed by atoms with Gasteiger partial charge in [0.1, 0.15) is 5.82 Å². The van der Waals surface area contributed by atoms with E-state index < -0.39 is 11.8 Å². The summed E-state index contributed by atoms with van der Waals surface area (Å²) in [5.74, 6) is -0.721. The highest BCUT2D eigenvalue weighted by molar-refractivity contribution is 5.89. The Labute approximate surface area is 106 Å². The number of carboxylic acids is 1. The molecule has 0 amide bonds. The molecular weight excluding hydrogens is 235 g/mol. The Morgan fingerprint density at radius 3 is 2.83 bits per heavy atom. The molecule has 0 unspecified atom stereocenters. The van der Waals surface area contributed by atoms with E-state index in [1.54, 1.807) is 0 Å². The highest BCUT2D eigenvalue weighted by atomic mass is 19.1. The maximum absolute atomic E-state index is 13.1. The van der Waals surface area contributed by atoms with Crippen molar-refractivity contribution < 1.29 is 19.0 Å². The molecule has 1 fully saturated rings. The Kier molecular flexibility index (Phi) is 4.31. The number of rotatable bonds is 6. The zero-order valence-corrected chi connectivity index (χ0v) is 10.2. The minimum atomic E-state index is -1.05. The number of halogens is 1. The van der Waals surface area contributed by atoms with Crippen LogP contribution in [0.25, 0.3) is 0 Å². The number of carbonyl (C=O) groups is 1. The Morgan fingerprint density at radius 2 is 2.22 bits per heavy atom. The van der Waals surface area contributed by atoms with Crippen molar-refractivity contribution in [1.29, 1.82) is 0 Å². The van der Waals surface area contributed by atoms with Gasteiger partial charge in [0.05, 0.1) is 12.2 Å². The molecule has 0 spiro atoms. The molecule has 1 aromatic carbocycles. The van der Waals surface area contributed by atoms with Crippen LogP contribution in [0.5, 0.6) is 0 Å². The molecule has 0 bridgehead atoms. The number of ether oxygens (including phenoxy) is 1. The van der Waals surface area contributed by atoms with Crippen LogP contribution in [-0.4, -0.2) is 17.7 Å². The first-order valence-corrected chi connectivity index (χ1v) is 6.26. The lowest BCUT2D eigenvalue weighted by Crippen LogP contribution is -2.14. The summed E-state index contributed by atoms with van der Waals surface area (Å²) in [5, 5.41) is 8.97. The van der Waals surface area contributed by atoms with Crippen molar-refractivity contribution in [3.63, 3.8) is 0 Å². The first kappa shape index (κ1) is 13.0. The molecule has 1 aliphatic rings. The number of hydrogen-bond acceptors (Lipinski definition) is 2. The quantitative estimate of drug-likeness (QED) is 0.791. The van der Waals surface area contributed by atoms with Gasteiger partial charge in [0.15, 0.2) is 0 Å². The van der Waals surface area contributed by atoms with E-state index in [0.29, 0.717) is 12.2 Å². The normalized spacial score (nSPS) is 15.4. The van der Waals surface area contributed by atoms with Gasteiger partial charge in [-0.1, -0.05) is 19.3 Å². The lowest BCUT2D eigenvalue weighted by Gasteiger charge is -2.24. The summed E-state index contributed by atoms with van der Waals surface area (Å²) >= 11 is 0. The van der Waals surface area contributed by atoms with Gasteiger partial charge in [-0.05, 0) is 36.1 Å². The lowest BCUT2D eigenvalue weighted by atomic mass is 9.83. The largest absolute Gasteiger partial charge is 0.478 e. The molecule has 1 aliphatic carbocycles. The molecule has 0 atom stereocenters. The summed E-state index contributed by atoms with van der Waals surface area (Å²) in [6.07, 6.45) is 4.85. The van der Waals surface area contributed by atoms with Crippen molar-refractivity contribution in [1.82, 2.24) is 0 Å². The Hall–Kier alpha value is -1.42. The van der Waals surface area contributed by atoms with Crippen molar-refractivity contribution in [2.75, 3.05) is 6.61 Å². The van der Waals surface area contributed by atoms with Crippen molar-refractivity contribution in [2.24, 2.45) is 5.92 Å². The van der Waals surface area contributed by atoms with E-state index >= 15 is 0 Å². The van der Waals surface area contributed by atoms with Gasteiger partial charge < -0.3 is 9.84 Å². The first-order chi connectivity index (χ1) is 8.66. The molecule has 2 rings (SSSR count). The minimum Gasteiger partial charge on any atom is -0.478 e. The number of hydrogen-bond donors (Lipinski definition) is 1. The van der Waals surface area contributed by atoms with Gasteiger partial charge in [-0.15, -0.1) is 0 Å². The predicted molar refractivity (Wildman–Crippen MR) is 65.0 cm³/mol. The number of carboxylic acid groups (broad SMARTS) is 1. The van der Waals surface area contributed by atoms with Gasteiger partial charge in [0, 0.05) is 6.61 Å². The van der Waals surface area contributed by atoms with Gasteiger partial charge in [-0.2, -0.15) is 0 Å². The van der Waals surface area contributed by atoms with E-state index in [2.05, 4.69) is 0 Å². The van der Waals surface area contributed by atoms with Crippen LogP contribution in [0.15, 0.2) is 18.2 Å². The van der Waals surface area contributed by atoms with Gasteiger partial charge in [0.2, 0.25) is 0 Å². The minimum absolute atomic E-state index is 0.111. The van der Waals surface area contributed by atoms with Crippen LogP contribution < -0.4 is 0 Å². The third kappa shape index (κ3) is 3.29. The van der Waals surface area contributed by atoms with Crippen molar-refractivity contribution in [2.45, 2.75) is 32.3 Å². The molecule has 1 aromatic rings. The second-order valence-electron chi connectivity index (χ2n) is 4.74. The summed E-state index contributed by atoms with van der Waals surface area (Å²) in [5.41, 5.74) is 0.510. The molecule has 18 heavy (non-hydrogen) atoms. The lowest BCUT2D eigenvalue weighted by molar-refractivity contribution is 0.0681. The summed E-state index contributed by atoms with van der Waals surface area (Å²) in [6, 6.07) is 3.66. The fourth-order valence-electron chi connectivity index (χ4n) is 2.10. The molecule has 4 heteroatoms. The van der Waals surface area contributed by atoms with Gasteiger partial charge >= 0.3 is 5.97 Å². The maximum Gasteiger partial charge on any atom is 0.336 e. The molecule has 1 saturated carbocycles. The van der Waals surface area contributed by atoms with Crippen LogP contribution in [0.4, 0.5) is 4.39 Å². The fourth-order valence-corrected chi connectivity index (χ4v) is 2.10. The average molecular weight is 252 g/mol. The topological polar surface area (TPSA) is 46.5 Å². The Balaban J connectivity index is 1.86. The SMILES string of the molecule is O=C(O)c1ccc(F)cc1COCCC1CCC1. The van der Waals surface area contributed by atoms with Crippen molar-refractivity contribution in [3.05, 3.63) is 35.1 Å². The summed E-state index contributed by atoms with van der Waals surface area (Å²) in [7, 11) is 0. The third-order valence-corrected chi connectivity index (χ3v) is 3.45. The van der Waals surface area contributed by atoms with Gasteiger partial charge in [-0.25, -0.2) is 9.18 Å². The Bertz CT molecular complexity index is 427. The second-order valence-corrected chi connectivity index (χ2v) is 4.74. The van der Waals surface area contributed by atoms with E-state index in [1.165, 1.54) is 31.4 Å². The molecule has 0 aliphatic heterocycles. The molecule has 0 heterocycles. The van der Waals surface area contributed by atoms with E-state index in [0.717, 1.165) is 18.4 Å². The van der Waals surface area contributed by atoms with Crippen molar-refractivity contribution in [3.8, 4) is 0 Å². The van der Waals surface area contributed by atoms with E-state index in [1.807, 2.05) is 0 Å². The van der Waals surface area contributed by atoms with E-state index in [4.69, 9.17) is 9.84 Å². The van der Waals surface area contributed by atoms with Crippen LogP contribution in [-0.2, 0) is 11.3 Å². The summed E-state index contributed by atoms with van der Waals surface area (Å²) in [6.45, 7) is 0.770. The van der Waals surface area contributed by atoms with Crippen LogP contribution in [0.1, 0.15) is 41.6 Å². The smallest absolute Gasteiger partial charge is 0.336 e. The van der Waals surface area contributed by atoms with Gasteiger partial charge in [-0.3, -0.25) is 0 Å². The second kappa shape index (κ2) is 5.96. The third-order valence-electron chi connectivity index (χ3n) is 3.45. The predicted octanol–water partition coefficient (Wildman–Crippen LogP) is 3.23. The monoisotopic (exact) mass is 252 g/mol. The zero-order valence-electron chi connectivity index (χ0n) is 10.2. The average Bonchev–Trinajstić information content (AvgIpc) is 2.26. The molecule has 0 saturated heterocycles. The van der Waals surface area contributed by atoms with Crippen LogP contribution >= 0.6 is 0 Å². The molecule has 0 radical (unpaired) electrons. The molecular formula is C14H17FO3. The van der Waals surface area contributed by atoms with Crippen molar-refractivity contribution >= 4 is 5.97 Å².